The van der Waals surface area contributed by atoms with Crippen molar-refractivity contribution in [3.8, 4) is 0 Å². The highest BCUT2D eigenvalue weighted by Gasteiger charge is 2.40. The van der Waals surface area contributed by atoms with E-state index in [0.29, 0.717) is 19.6 Å². The third-order valence-electron chi connectivity index (χ3n) is 7.07. The summed E-state index contributed by atoms with van der Waals surface area (Å²) in [4.78, 5) is 15.7. The Bertz CT molecular complexity index is 946. The summed E-state index contributed by atoms with van der Waals surface area (Å²) in [6, 6.07) is 14.6. The van der Waals surface area contributed by atoms with E-state index >= 15 is 0 Å². The van der Waals surface area contributed by atoms with Crippen LogP contribution in [0.15, 0.2) is 48.5 Å². The predicted molar refractivity (Wildman–Crippen MR) is 120 cm³/mol. The Hall–Kier alpha value is -2.28. The maximum atomic E-state index is 13.8. The number of benzene rings is 2. The number of hydrogen-bond donors (Lipinski definition) is 1. The lowest BCUT2D eigenvalue weighted by molar-refractivity contribution is -0.157. The summed E-state index contributed by atoms with van der Waals surface area (Å²) in [5.41, 5.74) is 3.26. The fourth-order valence-electron chi connectivity index (χ4n) is 5.03. The number of nitrogens with zero attached hydrogens (tertiary/aromatic N) is 1. The predicted octanol–water partition coefficient (Wildman–Crippen LogP) is 3.47. The number of nitrogens with one attached hydrogen (secondary N) is 1. The van der Waals surface area contributed by atoms with E-state index in [1.54, 1.807) is 19.2 Å². The zero-order valence-corrected chi connectivity index (χ0v) is 18.5. The second kappa shape index (κ2) is 9.30. The fourth-order valence-corrected chi connectivity index (χ4v) is 5.03. The number of hydrogen-bond acceptors (Lipinski definition) is 4. The van der Waals surface area contributed by atoms with Gasteiger partial charge in [0.15, 0.2) is 0 Å². The molecule has 0 spiro atoms. The van der Waals surface area contributed by atoms with Gasteiger partial charge in [0.05, 0.1) is 18.8 Å². The molecule has 0 radical (unpaired) electrons. The van der Waals surface area contributed by atoms with Gasteiger partial charge in [0.25, 0.3) is 5.91 Å². The zero-order valence-electron chi connectivity index (χ0n) is 18.5. The van der Waals surface area contributed by atoms with Crippen molar-refractivity contribution < 1.29 is 18.7 Å². The minimum atomic E-state index is -0.508. The van der Waals surface area contributed by atoms with Crippen LogP contribution >= 0.6 is 0 Å². The third-order valence-corrected chi connectivity index (χ3v) is 7.07. The lowest BCUT2D eigenvalue weighted by atomic mass is 9.87. The van der Waals surface area contributed by atoms with E-state index in [-0.39, 0.29) is 29.9 Å². The minimum absolute atomic E-state index is 0.00148. The number of rotatable bonds is 6. The molecule has 6 heteroatoms. The lowest BCUT2D eigenvalue weighted by Gasteiger charge is -2.42. The highest BCUT2D eigenvalue weighted by Crippen LogP contribution is 2.36. The largest absolute Gasteiger partial charge is 0.377 e. The molecule has 5 nitrogen and oxygen atoms in total. The van der Waals surface area contributed by atoms with Crippen LogP contribution in [0, 0.1) is 11.7 Å². The van der Waals surface area contributed by atoms with Crippen LogP contribution in [-0.4, -0.2) is 55.9 Å². The summed E-state index contributed by atoms with van der Waals surface area (Å²) in [5.74, 6) is 0.481. The summed E-state index contributed by atoms with van der Waals surface area (Å²) in [6.45, 7) is 1.99. The van der Waals surface area contributed by atoms with Gasteiger partial charge in [-0.1, -0.05) is 36.4 Å². The van der Waals surface area contributed by atoms with Crippen LogP contribution in [0.1, 0.15) is 42.0 Å². The molecule has 2 aliphatic heterocycles. The number of methoxy groups -OCH3 is 1. The molecule has 1 N–H and O–H groups in total. The topological polar surface area (TPSA) is 50.8 Å². The summed E-state index contributed by atoms with van der Waals surface area (Å²) >= 11 is 0. The average Bonchev–Trinajstić information content (AvgIpc) is 3.66. The molecule has 2 heterocycles. The highest BCUT2D eigenvalue weighted by molar-refractivity contribution is 5.82. The van der Waals surface area contributed by atoms with Gasteiger partial charge >= 0.3 is 0 Å². The monoisotopic (exact) mass is 438 g/mol. The summed E-state index contributed by atoms with van der Waals surface area (Å²) < 4.78 is 25.3. The van der Waals surface area contributed by atoms with E-state index in [4.69, 9.17) is 9.47 Å². The smallest absolute Gasteiger partial charge is 0.252 e. The molecule has 1 amide bonds. The SMILES string of the molecule is CO[C@H]1CO[C@@H](C(=O)N2CCc3ccccc3[C@@H]2c2ccc(F)cc2)C[C@@H]1NCC1CC1. The van der Waals surface area contributed by atoms with Gasteiger partial charge in [-0.3, -0.25) is 4.79 Å². The molecule has 5 rings (SSSR count). The lowest BCUT2D eigenvalue weighted by Crippen LogP contribution is -2.55. The van der Waals surface area contributed by atoms with Crippen LogP contribution in [0.3, 0.4) is 0 Å². The van der Waals surface area contributed by atoms with Gasteiger partial charge in [0.2, 0.25) is 0 Å². The Balaban J connectivity index is 1.39. The highest BCUT2D eigenvalue weighted by atomic mass is 19.1. The first-order chi connectivity index (χ1) is 15.6. The van der Waals surface area contributed by atoms with E-state index in [1.165, 1.54) is 30.5 Å². The molecule has 1 aliphatic carbocycles. The number of halogens is 1. The van der Waals surface area contributed by atoms with E-state index in [9.17, 15) is 9.18 Å². The first kappa shape index (κ1) is 21.6. The van der Waals surface area contributed by atoms with E-state index in [0.717, 1.165) is 30.0 Å². The van der Waals surface area contributed by atoms with Crippen LogP contribution in [-0.2, 0) is 20.7 Å². The van der Waals surface area contributed by atoms with Crippen LogP contribution in [0.5, 0.6) is 0 Å². The van der Waals surface area contributed by atoms with Crippen molar-refractivity contribution in [2.45, 2.75) is 50.0 Å². The fraction of sp³-hybridized carbons (Fsp3) is 0.500. The van der Waals surface area contributed by atoms with Crippen molar-refractivity contribution in [3.05, 3.63) is 71.0 Å². The normalized spacial score (nSPS) is 27.8. The number of amides is 1. The van der Waals surface area contributed by atoms with Gasteiger partial charge in [-0.2, -0.15) is 0 Å². The van der Waals surface area contributed by atoms with Gasteiger partial charge < -0.3 is 19.7 Å². The van der Waals surface area contributed by atoms with E-state index < -0.39 is 6.10 Å². The molecule has 3 aliphatic rings. The van der Waals surface area contributed by atoms with Crippen molar-refractivity contribution in [1.29, 1.82) is 0 Å². The van der Waals surface area contributed by atoms with Gasteiger partial charge in [-0.15, -0.1) is 0 Å². The molecule has 0 unspecified atom stereocenters. The van der Waals surface area contributed by atoms with Crippen molar-refractivity contribution in [2.75, 3.05) is 26.8 Å². The first-order valence-electron chi connectivity index (χ1n) is 11.7. The molecule has 2 fully saturated rings. The van der Waals surface area contributed by atoms with Crippen molar-refractivity contribution in [1.82, 2.24) is 10.2 Å². The maximum absolute atomic E-state index is 13.8. The van der Waals surface area contributed by atoms with Gasteiger partial charge in [0, 0.05) is 26.1 Å². The molecule has 170 valence electrons. The van der Waals surface area contributed by atoms with Crippen molar-refractivity contribution >= 4 is 5.91 Å². The zero-order chi connectivity index (χ0) is 22.1. The Morgan fingerprint density at radius 2 is 1.97 bits per heavy atom. The van der Waals surface area contributed by atoms with Crippen LogP contribution in [0.4, 0.5) is 4.39 Å². The second-order valence-corrected chi connectivity index (χ2v) is 9.22. The molecule has 32 heavy (non-hydrogen) atoms. The summed E-state index contributed by atoms with van der Waals surface area (Å²) in [5, 5.41) is 3.62. The average molecular weight is 439 g/mol. The number of carbonyl (C=O) groups excluding carboxylic acids is 1. The van der Waals surface area contributed by atoms with Crippen LogP contribution in [0.25, 0.3) is 0 Å². The summed E-state index contributed by atoms with van der Waals surface area (Å²) in [6.07, 6.45) is 3.40. The van der Waals surface area contributed by atoms with Gasteiger partial charge in [-0.05, 0) is 60.5 Å². The molecule has 2 aromatic rings. The standard InChI is InChI=1S/C26H31FN2O3/c1-31-24-16-32-23(14-22(24)28-15-17-6-7-17)26(30)29-13-12-18-4-2-3-5-21(18)25(29)19-8-10-20(27)11-9-19/h2-5,8-11,17,22-25,28H,6-7,12-16H2,1H3/t22-,23+,24-,25-/m0/s1. The van der Waals surface area contributed by atoms with Gasteiger partial charge in [-0.25, -0.2) is 4.39 Å². The number of carbonyl (C=O) groups is 1. The van der Waals surface area contributed by atoms with Gasteiger partial charge in [0.1, 0.15) is 11.9 Å². The van der Waals surface area contributed by atoms with Crippen molar-refractivity contribution in [3.63, 3.8) is 0 Å². The molecule has 1 saturated heterocycles. The van der Waals surface area contributed by atoms with Crippen LogP contribution in [0.2, 0.25) is 0 Å². The molecular weight excluding hydrogens is 407 g/mol. The van der Waals surface area contributed by atoms with E-state index in [2.05, 4.69) is 17.4 Å². The Morgan fingerprint density at radius 3 is 2.72 bits per heavy atom. The first-order valence-corrected chi connectivity index (χ1v) is 11.7. The molecular formula is C26H31FN2O3. The Kier molecular flexibility index (Phi) is 6.26. The molecule has 0 bridgehead atoms. The number of fused-ring (bicyclic) bond motifs is 1. The number of ether oxygens (including phenoxy) is 2. The molecule has 0 aromatic heterocycles. The van der Waals surface area contributed by atoms with Crippen LogP contribution < -0.4 is 5.32 Å². The third kappa shape index (κ3) is 4.45. The quantitative estimate of drug-likeness (QED) is 0.751. The Morgan fingerprint density at radius 1 is 1.19 bits per heavy atom. The van der Waals surface area contributed by atoms with Crippen molar-refractivity contribution in [2.24, 2.45) is 5.92 Å². The summed E-state index contributed by atoms with van der Waals surface area (Å²) in [7, 11) is 1.70. The minimum Gasteiger partial charge on any atom is -0.377 e. The molecule has 4 atom stereocenters. The molecule has 1 saturated carbocycles. The van der Waals surface area contributed by atoms with E-state index in [1.807, 2.05) is 17.0 Å². The maximum Gasteiger partial charge on any atom is 0.252 e. The Labute approximate surface area is 188 Å². The molecule has 2 aromatic carbocycles. The second-order valence-electron chi connectivity index (χ2n) is 9.22.